The largest absolute Gasteiger partial charge is 0.309 e. The highest BCUT2D eigenvalue weighted by atomic mass is 15.0. The normalized spacial score (nSPS) is 13.0. The summed E-state index contributed by atoms with van der Waals surface area (Å²) in [5, 5.41) is 10.5. The fourth-order valence-corrected chi connectivity index (χ4v) is 8.74. The zero-order chi connectivity index (χ0) is 32.8. The molecule has 11 rings (SSSR count). The van der Waals surface area contributed by atoms with Gasteiger partial charge in [0.2, 0.25) is 0 Å². The van der Waals surface area contributed by atoms with Gasteiger partial charge in [0.1, 0.15) is 0 Å². The highest BCUT2D eigenvalue weighted by Crippen LogP contribution is 2.41. The van der Waals surface area contributed by atoms with Crippen LogP contribution in [0, 0.1) is 0 Å². The van der Waals surface area contributed by atoms with Crippen molar-refractivity contribution in [1.82, 2.24) is 9.13 Å². The monoisotopic (exact) mass is 636 g/mol. The fraction of sp³-hybridized carbons (Fsp3) is 0.0417. The zero-order valence-electron chi connectivity index (χ0n) is 27.5. The molecule has 8 aromatic carbocycles. The predicted molar refractivity (Wildman–Crippen MR) is 213 cm³/mol. The lowest BCUT2D eigenvalue weighted by Crippen LogP contribution is -1.99. The second-order valence-electron chi connectivity index (χ2n) is 13.6. The second-order valence-corrected chi connectivity index (χ2v) is 13.6. The molecular weight excluding hydrogens is 605 g/mol. The first-order valence-corrected chi connectivity index (χ1v) is 17.6. The van der Waals surface area contributed by atoms with Crippen molar-refractivity contribution in [2.24, 2.45) is 0 Å². The van der Waals surface area contributed by atoms with Gasteiger partial charge in [-0.25, -0.2) is 0 Å². The first kappa shape index (κ1) is 27.6. The van der Waals surface area contributed by atoms with Gasteiger partial charge in [-0.15, -0.1) is 0 Å². The van der Waals surface area contributed by atoms with E-state index < -0.39 is 0 Å². The van der Waals surface area contributed by atoms with Crippen molar-refractivity contribution < 1.29 is 0 Å². The highest BCUT2D eigenvalue weighted by Gasteiger charge is 2.18. The molecule has 2 aromatic heterocycles. The molecule has 1 aliphatic rings. The lowest BCUT2D eigenvalue weighted by molar-refractivity contribution is 1.00. The molecule has 234 valence electrons. The summed E-state index contributed by atoms with van der Waals surface area (Å²) in [6.07, 6.45) is 6.84. The van der Waals surface area contributed by atoms with Crippen LogP contribution in [-0.2, 0) is 6.42 Å². The van der Waals surface area contributed by atoms with E-state index in [0.29, 0.717) is 0 Å². The third-order valence-corrected chi connectivity index (χ3v) is 11.0. The Morgan fingerprint density at radius 2 is 0.920 bits per heavy atom. The van der Waals surface area contributed by atoms with E-state index in [1.807, 2.05) is 0 Å². The predicted octanol–water partition coefficient (Wildman–Crippen LogP) is 12.8. The Morgan fingerprint density at radius 3 is 1.60 bits per heavy atom. The Balaban J connectivity index is 1.11. The number of benzene rings is 8. The molecule has 2 heteroatoms. The Labute approximate surface area is 289 Å². The maximum atomic E-state index is 2.46. The van der Waals surface area contributed by atoms with E-state index in [0.717, 1.165) is 12.8 Å². The van der Waals surface area contributed by atoms with Crippen LogP contribution >= 0.6 is 0 Å². The van der Waals surface area contributed by atoms with Gasteiger partial charge < -0.3 is 9.13 Å². The molecule has 0 aliphatic heterocycles. The maximum Gasteiger partial charge on any atom is 0.0541 e. The minimum atomic E-state index is 1.09. The lowest BCUT2D eigenvalue weighted by atomic mass is 9.86. The number of aromatic nitrogens is 2. The van der Waals surface area contributed by atoms with Crippen molar-refractivity contribution in [2.45, 2.75) is 12.8 Å². The van der Waals surface area contributed by atoms with Gasteiger partial charge in [-0.1, -0.05) is 109 Å². The number of allylic oxidation sites excluding steroid dienone is 1. The van der Waals surface area contributed by atoms with Gasteiger partial charge in [0, 0.05) is 32.9 Å². The Morgan fingerprint density at radius 1 is 0.360 bits per heavy atom. The quantitative estimate of drug-likeness (QED) is 0.171. The Bertz CT molecular complexity index is 3030. The molecule has 0 saturated heterocycles. The standard InChI is InChI=1S/C48H32N2/c1-2-12-33(13-3-1)49-45-20-10-8-18-40(45)43-28-31(22-26-47(43)49)32-23-27-48-44(29-32)41-19-9-11-21-46(41)50(48)34-24-25-39-37-16-5-4-14-35(37)36-15-6-7-17-38(36)42(39)30-34/h1-4,6-15,17-30H,5,16H2. The molecule has 2 nitrogen and oxygen atoms in total. The molecule has 0 amide bonds. The van der Waals surface area contributed by atoms with Crippen LogP contribution in [-0.4, -0.2) is 9.13 Å². The lowest BCUT2D eigenvalue weighted by Gasteiger charge is -2.19. The number of fused-ring (bicyclic) bond motifs is 12. The van der Waals surface area contributed by atoms with Crippen LogP contribution in [0.5, 0.6) is 0 Å². The van der Waals surface area contributed by atoms with E-state index in [4.69, 9.17) is 0 Å². The molecule has 0 fully saturated rings. The van der Waals surface area contributed by atoms with Crippen LogP contribution in [0.15, 0.2) is 164 Å². The number of hydrogen-bond donors (Lipinski definition) is 0. The van der Waals surface area contributed by atoms with Crippen molar-refractivity contribution in [3.8, 4) is 22.5 Å². The number of para-hydroxylation sites is 3. The fourth-order valence-electron chi connectivity index (χ4n) is 8.74. The molecular formula is C48H32N2. The third-order valence-electron chi connectivity index (χ3n) is 11.0. The first-order valence-electron chi connectivity index (χ1n) is 17.6. The van der Waals surface area contributed by atoms with Crippen LogP contribution in [0.3, 0.4) is 0 Å². The molecule has 0 N–H and O–H groups in total. The van der Waals surface area contributed by atoms with E-state index in [9.17, 15) is 0 Å². The Kier molecular flexibility index (Phi) is 5.82. The van der Waals surface area contributed by atoms with Gasteiger partial charge in [0.05, 0.1) is 22.1 Å². The van der Waals surface area contributed by atoms with Gasteiger partial charge in [-0.2, -0.15) is 0 Å². The summed E-state index contributed by atoms with van der Waals surface area (Å²) in [7, 11) is 0. The maximum absolute atomic E-state index is 2.46. The van der Waals surface area contributed by atoms with E-state index in [2.05, 4.69) is 179 Å². The molecule has 0 radical (unpaired) electrons. The molecule has 0 bridgehead atoms. The molecule has 0 saturated carbocycles. The van der Waals surface area contributed by atoms with Crippen LogP contribution in [0.2, 0.25) is 0 Å². The SMILES string of the molecule is C1=Cc2c(c3ccc(-n4c5ccccc5c5cc(-c6ccc7c(c6)c6ccccc6n7-c6ccccc6)ccc54)cc3c3ccccc23)CC1. The average molecular weight is 637 g/mol. The molecule has 0 spiro atoms. The van der Waals surface area contributed by atoms with Gasteiger partial charge in [0.15, 0.2) is 0 Å². The van der Waals surface area contributed by atoms with Gasteiger partial charge in [0.25, 0.3) is 0 Å². The van der Waals surface area contributed by atoms with Crippen LogP contribution in [0.25, 0.3) is 93.7 Å². The molecule has 50 heavy (non-hydrogen) atoms. The minimum Gasteiger partial charge on any atom is -0.309 e. The second kappa shape index (κ2) is 10.6. The summed E-state index contributed by atoms with van der Waals surface area (Å²) >= 11 is 0. The third kappa shape index (κ3) is 3.90. The molecule has 2 heterocycles. The van der Waals surface area contributed by atoms with Crippen molar-refractivity contribution in [3.05, 3.63) is 175 Å². The smallest absolute Gasteiger partial charge is 0.0541 e. The average Bonchev–Trinajstić information content (AvgIpc) is 3.70. The van der Waals surface area contributed by atoms with Crippen molar-refractivity contribution >= 4 is 71.2 Å². The summed E-state index contributed by atoms with van der Waals surface area (Å²) in [6, 6.07) is 58.3. The summed E-state index contributed by atoms with van der Waals surface area (Å²) in [4.78, 5) is 0. The number of rotatable bonds is 3. The van der Waals surface area contributed by atoms with E-state index >= 15 is 0 Å². The number of aryl methyl sites for hydroxylation is 1. The van der Waals surface area contributed by atoms with Gasteiger partial charge in [-0.05, 0) is 117 Å². The topological polar surface area (TPSA) is 9.86 Å². The minimum absolute atomic E-state index is 1.09. The van der Waals surface area contributed by atoms with E-state index in [-0.39, 0.29) is 0 Å². The van der Waals surface area contributed by atoms with Crippen molar-refractivity contribution in [1.29, 1.82) is 0 Å². The van der Waals surface area contributed by atoms with Crippen LogP contribution in [0.1, 0.15) is 17.5 Å². The molecule has 1 aliphatic carbocycles. The molecule has 0 unspecified atom stereocenters. The van der Waals surface area contributed by atoms with Gasteiger partial charge >= 0.3 is 0 Å². The Hall–Kier alpha value is -6.38. The number of hydrogen-bond acceptors (Lipinski definition) is 0. The summed E-state index contributed by atoms with van der Waals surface area (Å²) in [5.74, 6) is 0. The number of nitrogens with zero attached hydrogens (tertiary/aromatic N) is 2. The molecule has 10 aromatic rings. The van der Waals surface area contributed by atoms with Crippen molar-refractivity contribution in [2.75, 3.05) is 0 Å². The first-order chi connectivity index (χ1) is 24.8. The summed E-state index contributed by atoms with van der Waals surface area (Å²) in [5.41, 5.74) is 12.6. The highest BCUT2D eigenvalue weighted by molar-refractivity contribution is 6.15. The van der Waals surface area contributed by atoms with Crippen molar-refractivity contribution in [3.63, 3.8) is 0 Å². The summed E-state index contributed by atoms with van der Waals surface area (Å²) < 4.78 is 4.84. The van der Waals surface area contributed by atoms with Gasteiger partial charge in [-0.3, -0.25) is 0 Å². The van der Waals surface area contributed by atoms with Crippen LogP contribution in [0.4, 0.5) is 0 Å². The summed E-state index contributed by atoms with van der Waals surface area (Å²) in [6.45, 7) is 0. The van der Waals surface area contributed by atoms with Crippen LogP contribution < -0.4 is 0 Å². The van der Waals surface area contributed by atoms with E-state index in [1.165, 1.54) is 98.8 Å². The zero-order valence-corrected chi connectivity index (χ0v) is 27.5. The molecule has 0 atom stereocenters. The van der Waals surface area contributed by atoms with E-state index in [1.54, 1.807) is 0 Å².